The number of halogens is 1. The number of hydrogen-bond donors (Lipinski definition) is 2. The van der Waals surface area contributed by atoms with Crippen LogP contribution in [0, 0.1) is 5.82 Å². The van der Waals surface area contributed by atoms with Gasteiger partial charge in [0.25, 0.3) is 0 Å². The molecule has 0 radical (unpaired) electrons. The number of phenolic OH excluding ortho intramolecular Hbond substituents is 1. The minimum Gasteiger partial charge on any atom is -0.507 e. The topological polar surface area (TPSA) is 53.4 Å². The summed E-state index contributed by atoms with van der Waals surface area (Å²) in [5, 5.41) is 21.0. The smallest absolute Gasteiger partial charge is 0.126 e. The van der Waals surface area contributed by atoms with Crippen LogP contribution in [0.25, 0.3) is 11.1 Å². The van der Waals surface area contributed by atoms with Gasteiger partial charge in [-0.05, 0) is 48.4 Å². The van der Waals surface area contributed by atoms with Crippen molar-refractivity contribution in [2.45, 2.75) is 79.8 Å². The SMILES string of the molecule is C.CCCc1c(C(C)C)nc(C(C)C)c([C@@H](C)O)c1-c1ccc(F)cc1O. The van der Waals surface area contributed by atoms with Crippen LogP contribution >= 0.6 is 0 Å². The molecule has 0 saturated carbocycles. The van der Waals surface area contributed by atoms with Crippen molar-refractivity contribution in [2.75, 3.05) is 0 Å². The van der Waals surface area contributed by atoms with Crippen LogP contribution in [0.5, 0.6) is 5.75 Å². The number of rotatable bonds is 6. The zero-order valence-electron chi connectivity index (χ0n) is 16.6. The molecule has 0 saturated heterocycles. The zero-order chi connectivity index (χ0) is 19.6. The Bertz CT molecular complexity index is 782. The summed E-state index contributed by atoms with van der Waals surface area (Å²) in [5.41, 5.74) is 4.94. The van der Waals surface area contributed by atoms with Crippen LogP contribution < -0.4 is 0 Å². The first-order valence-electron chi connectivity index (χ1n) is 9.42. The number of aliphatic hydroxyl groups is 1. The maximum absolute atomic E-state index is 13.6. The van der Waals surface area contributed by atoms with Crippen LogP contribution in [0.4, 0.5) is 4.39 Å². The first kappa shape index (κ1) is 23.1. The number of nitrogens with zero attached hydrogens (tertiary/aromatic N) is 1. The van der Waals surface area contributed by atoms with Crippen molar-refractivity contribution in [1.29, 1.82) is 0 Å². The van der Waals surface area contributed by atoms with Crippen LogP contribution in [0.1, 0.15) is 95.8 Å². The highest BCUT2D eigenvalue weighted by atomic mass is 19.1. The van der Waals surface area contributed by atoms with Crippen LogP contribution in [-0.2, 0) is 6.42 Å². The van der Waals surface area contributed by atoms with Gasteiger partial charge in [0.1, 0.15) is 11.6 Å². The van der Waals surface area contributed by atoms with Gasteiger partial charge in [-0.3, -0.25) is 4.98 Å². The molecule has 2 aromatic rings. The molecule has 4 heteroatoms. The number of phenols is 1. The predicted molar refractivity (Wildman–Crippen MR) is 111 cm³/mol. The van der Waals surface area contributed by atoms with Gasteiger partial charge in [0.15, 0.2) is 0 Å². The van der Waals surface area contributed by atoms with Gasteiger partial charge in [-0.15, -0.1) is 0 Å². The Balaban J connectivity index is 0.00000364. The Hall–Kier alpha value is -1.94. The second kappa shape index (κ2) is 9.32. The van der Waals surface area contributed by atoms with E-state index in [9.17, 15) is 14.6 Å². The number of hydrogen-bond acceptors (Lipinski definition) is 3. The molecule has 2 N–H and O–H groups in total. The molecule has 3 nitrogen and oxygen atoms in total. The molecule has 1 aromatic heterocycles. The number of aromatic nitrogens is 1. The molecule has 2 rings (SSSR count). The maximum atomic E-state index is 13.6. The fraction of sp³-hybridized carbons (Fsp3) is 0.522. The predicted octanol–water partition coefficient (Wildman–Crippen LogP) is 6.48. The summed E-state index contributed by atoms with van der Waals surface area (Å²) in [6, 6.07) is 4.07. The van der Waals surface area contributed by atoms with Gasteiger partial charge in [0, 0.05) is 28.6 Å². The molecule has 150 valence electrons. The molecule has 0 spiro atoms. The molecule has 0 aliphatic carbocycles. The second-order valence-corrected chi connectivity index (χ2v) is 7.55. The molecule has 1 atom stereocenters. The molecule has 0 aliphatic rings. The average Bonchev–Trinajstić information content (AvgIpc) is 2.54. The fourth-order valence-electron chi connectivity index (χ4n) is 3.54. The van der Waals surface area contributed by atoms with Gasteiger partial charge in [-0.1, -0.05) is 48.5 Å². The third-order valence-electron chi connectivity index (χ3n) is 4.64. The normalized spacial score (nSPS) is 12.4. The first-order valence-corrected chi connectivity index (χ1v) is 9.42. The van der Waals surface area contributed by atoms with E-state index in [2.05, 4.69) is 20.8 Å². The summed E-state index contributed by atoms with van der Waals surface area (Å²) < 4.78 is 13.6. The summed E-state index contributed by atoms with van der Waals surface area (Å²) in [4.78, 5) is 4.93. The molecular formula is C23H34FNO2. The lowest BCUT2D eigenvalue weighted by atomic mass is 9.83. The van der Waals surface area contributed by atoms with Crippen molar-refractivity contribution in [3.05, 3.63) is 46.5 Å². The molecule has 27 heavy (non-hydrogen) atoms. The van der Waals surface area contributed by atoms with Crippen molar-refractivity contribution in [3.8, 4) is 16.9 Å². The minimum atomic E-state index is -0.740. The van der Waals surface area contributed by atoms with E-state index in [4.69, 9.17) is 4.98 Å². The number of pyridine rings is 1. The van der Waals surface area contributed by atoms with E-state index in [-0.39, 0.29) is 25.0 Å². The van der Waals surface area contributed by atoms with Crippen molar-refractivity contribution in [1.82, 2.24) is 4.98 Å². The quantitative estimate of drug-likeness (QED) is 0.607. The zero-order valence-corrected chi connectivity index (χ0v) is 16.6. The molecule has 0 bridgehead atoms. The van der Waals surface area contributed by atoms with Crippen molar-refractivity contribution in [2.24, 2.45) is 0 Å². The van der Waals surface area contributed by atoms with Gasteiger partial charge in [0.05, 0.1) is 6.10 Å². The molecule has 0 unspecified atom stereocenters. The Morgan fingerprint density at radius 2 is 1.63 bits per heavy atom. The highest BCUT2D eigenvalue weighted by Gasteiger charge is 2.26. The largest absolute Gasteiger partial charge is 0.507 e. The lowest BCUT2D eigenvalue weighted by molar-refractivity contribution is 0.197. The first-order chi connectivity index (χ1) is 12.2. The molecule has 0 amide bonds. The van der Waals surface area contributed by atoms with Gasteiger partial charge in [0.2, 0.25) is 0 Å². The molecule has 1 heterocycles. The van der Waals surface area contributed by atoms with E-state index >= 15 is 0 Å². The summed E-state index contributed by atoms with van der Waals surface area (Å²) in [7, 11) is 0. The van der Waals surface area contributed by atoms with Crippen LogP contribution in [0.15, 0.2) is 18.2 Å². The summed E-state index contributed by atoms with van der Waals surface area (Å²) >= 11 is 0. The lowest BCUT2D eigenvalue weighted by Gasteiger charge is -2.26. The minimum absolute atomic E-state index is 0. The third-order valence-corrected chi connectivity index (χ3v) is 4.64. The van der Waals surface area contributed by atoms with Gasteiger partial charge in [-0.25, -0.2) is 4.39 Å². The van der Waals surface area contributed by atoms with E-state index in [1.807, 2.05) is 13.8 Å². The highest BCUT2D eigenvalue weighted by molar-refractivity contribution is 5.78. The van der Waals surface area contributed by atoms with Crippen molar-refractivity contribution >= 4 is 0 Å². The van der Waals surface area contributed by atoms with E-state index in [0.29, 0.717) is 5.56 Å². The van der Waals surface area contributed by atoms with Gasteiger partial charge < -0.3 is 10.2 Å². The monoisotopic (exact) mass is 375 g/mol. The molecule has 0 fully saturated rings. The van der Waals surface area contributed by atoms with E-state index in [1.54, 1.807) is 13.0 Å². The van der Waals surface area contributed by atoms with Crippen molar-refractivity contribution in [3.63, 3.8) is 0 Å². The van der Waals surface area contributed by atoms with Crippen molar-refractivity contribution < 1.29 is 14.6 Å². The fourth-order valence-corrected chi connectivity index (χ4v) is 3.54. The number of aliphatic hydroxyl groups excluding tert-OH is 1. The Morgan fingerprint density at radius 3 is 2.07 bits per heavy atom. The molecule has 0 aliphatic heterocycles. The molecular weight excluding hydrogens is 341 g/mol. The second-order valence-electron chi connectivity index (χ2n) is 7.55. The highest BCUT2D eigenvalue weighted by Crippen LogP contribution is 2.43. The summed E-state index contributed by atoms with van der Waals surface area (Å²) in [6.45, 7) is 12.1. The van der Waals surface area contributed by atoms with Crippen LogP contribution in [0.3, 0.4) is 0 Å². The number of aromatic hydroxyl groups is 1. The summed E-state index contributed by atoms with van der Waals surface area (Å²) in [6.07, 6.45) is 0.956. The van der Waals surface area contributed by atoms with Crippen LogP contribution in [0.2, 0.25) is 0 Å². The Labute approximate surface area is 163 Å². The lowest BCUT2D eigenvalue weighted by Crippen LogP contribution is -2.14. The number of benzene rings is 1. The van der Waals surface area contributed by atoms with Crippen LogP contribution in [-0.4, -0.2) is 15.2 Å². The standard InChI is InChI=1S/C22H30FNO2.CH4/c1-7-8-17-20(16-10-9-15(23)11-18(16)26)19(14(6)25)22(13(4)5)24-21(17)12(2)3;/h9-14,25-26H,7-8H2,1-6H3;1H4/t14-;/m1./s1. The molecule has 1 aromatic carbocycles. The van der Waals surface area contributed by atoms with Gasteiger partial charge >= 0.3 is 0 Å². The van der Waals surface area contributed by atoms with E-state index in [0.717, 1.165) is 47.0 Å². The average molecular weight is 376 g/mol. The summed E-state index contributed by atoms with van der Waals surface area (Å²) in [5.74, 6) is -0.267. The van der Waals surface area contributed by atoms with E-state index < -0.39 is 11.9 Å². The van der Waals surface area contributed by atoms with Gasteiger partial charge in [-0.2, -0.15) is 0 Å². The van der Waals surface area contributed by atoms with E-state index in [1.165, 1.54) is 6.07 Å². The third kappa shape index (κ3) is 4.67. The Kier molecular flexibility index (Phi) is 7.97. The Morgan fingerprint density at radius 1 is 1.04 bits per heavy atom. The maximum Gasteiger partial charge on any atom is 0.126 e.